The quantitative estimate of drug-likeness (QED) is 0.350. The summed E-state index contributed by atoms with van der Waals surface area (Å²) < 4.78 is 45.1. The van der Waals surface area contributed by atoms with Crippen LogP contribution >= 0.6 is 0 Å². The van der Waals surface area contributed by atoms with Gasteiger partial charge in [-0.25, -0.2) is 8.42 Å². The lowest BCUT2D eigenvalue weighted by atomic mass is 9.90. The molecule has 2 N–H and O–H groups in total. The first-order chi connectivity index (χ1) is 19.1. The molecule has 0 radical (unpaired) electrons. The average Bonchev–Trinajstić information content (AvgIpc) is 3.52. The maximum absolute atomic E-state index is 13.6. The number of fused-ring (bicyclic) bond motifs is 1. The molecule has 2 aliphatic rings. The third kappa shape index (κ3) is 7.41. The van der Waals surface area contributed by atoms with Crippen LogP contribution in [0.25, 0.3) is 0 Å². The van der Waals surface area contributed by atoms with Gasteiger partial charge in [-0.1, -0.05) is 44.2 Å². The highest BCUT2D eigenvalue weighted by molar-refractivity contribution is 7.89. The summed E-state index contributed by atoms with van der Waals surface area (Å²) in [7, 11) is -2.41. The van der Waals surface area contributed by atoms with Crippen molar-refractivity contribution >= 4 is 16.0 Å². The van der Waals surface area contributed by atoms with E-state index in [-0.39, 0.29) is 42.3 Å². The Morgan fingerprint density at radius 3 is 2.45 bits per heavy atom. The molecular weight excluding hydrogens is 534 g/mol. The summed E-state index contributed by atoms with van der Waals surface area (Å²) in [6, 6.07) is 15.6. The van der Waals surface area contributed by atoms with Gasteiger partial charge in [0.2, 0.25) is 10.0 Å². The number of hydrogen-bond acceptors (Lipinski definition) is 8. The largest absolute Gasteiger partial charge is 0.497 e. The summed E-state index contributed by atoms with van der Waals surface area (Å²) >= 11 is 0. The molecule has 2 aromatic rings. The Morgan fingerprint density at radius 1 is 1.10 bits per heavy atom. The van der Waals surface area contributed by atoms with E-state index in [1.807, 2.05) is 44.2 Å². The molecular formula is C30H41NO8S. The fourth-order valence-electron chi connectivity index (χ4n) is 5.73. The number of carbonyl (C=O) groups excluding carboxylic acids is 1. The summed E-state index contributed by atoms with van der Waals surface area (Å²) in [5, 5.41) is 21.7. The van der Waals surface area contributed by atoms with Crippen molar-refractivity contribution in [3.8, 4) is 5.75 Å². The number of rotatable bonds is 13. The number of ether oxygens (including phenoxy) is 3. The van der Waals surface area contributed by atoms with Gasteiger partial charge in [0.25, 0.3) is 0 Å². The van der Waals surface area contributed by atoms with Gasteiger partial charge >= 0.3 is 5.97 Å². The minimum atomic E-state index is -3.93. The first kappa shape index (κ1) is 30.5. The van der Waals surface area contributed by atoms with Crippen LogP contribution in [0.2, 0.25) is 0 Å². The normalized spacial score (nSPS) is 24.2. The molecule has 2 aromatic carbocycles. The van der Waals surface area contributed by atoms with E-state index < -0.39 is 40.2 Å². The molecule has 10 heteroatoms. The minimum Gasteiger partial charge on any atom is -0.497 e. The Balaban J connectivity index is 1.51. The van der Waals surface area contributed by atoms with Crippen molar-refractivity contribution in [3.05, 3.63) is 60.2 Å². The molecule has 0 amide bonds. The molecule has 1 aliphatic carbocycles. The summed E-state index contributed by atoms with van der Waals surface area (Å²) in [5.74, 6) is -0.544. The predicted octanol–water partition coefficient (Wildman–Crippen LogP) is 3.03. The number of hydrogen-bond donors (Lipinski definition) is 2. The lowest BCUT2D eigenvalue weighted by Gasteiger charge is -2.30. The zero-order valence-electron chi connectivity index (χ0n) is 23.4. The van der Waals surface area contributed by atoms with E-state index in [2.05, 4.69) is 0 Å². The lowest BCUT2D eigenvalue weighted by Crippen LogP contribution is -2.43. The maximum Gasteiger partial charge on any atom is 0.306 e. The fraction of sp³-hybridized carbons (Fsp3) is 0.567. The number of aliphatic hydroxyl groups is 2. The molecule has 1 heterocycles. The molecule has 1 saturated carbocycles. The monoisotopic (exact) mass is 575 g/mol. The smallest absolute Gasteiger partial charge is 0.306 e. The van der Waals surface area contributed by atoms with E-state index in [9.17, 15) is 23.4 Å². The van der Waals surface area contributed by atoms with Crippen LogP contribution in [0.15, 0.2) is 59.5 Å². The van der Waals surface area contributed by atoms with E-state index in [0.29, 0.717) is 25.2 Å². The number of benzene rings is 2. The Hall–Kier alpha value is -2.50. The Morgan fingerprint density at radius 2 is 1.80 bits per heavy atom. The molecule has 0 aromatic heterocycles. The van der Waals surface area contributed by atoms with E-state index in [1.54, 1.807) is 12.1 Å². The van der Waals surface area contributed by atoms with E-state index in [0.717, 1.165) is 12.0 Å². The molecule has 220 valence electrons. The molecule has 40 heavy (non-hydrogen) atoms. The number of sulfonamides is 1. The van der Waals surface area contributed by atoms with Gasteiger partial charge in [0, 0.05) is 38.0 Å². The second-order valence-electron chi connectivity index (χ2n) is 11.2. The zero-order valence-corrected chi connectivity index (χ0v) is 24.2. The highest BCUT2D eigenvalue weighted by atomic mass is 32.2. The van der Waals surface area contributed by atoms with Crippen LogP contribution in [0.1, 0.15) is 38.7 Å². The molecule has 1 unspecified atom stereocenters. The zero-order chi connectivity index (χ0) is 28.9. The van der Waals surface area contributed by atoms with Crippen molar-refractivity contribution in [2.45, 2.75) is 68.8 Å². The first-order valence-corrected chi connectivity index (χ1v) is 15.4. The molecule has 0 bridgehead atoms. The van der Waals surface area contributed by atoms with E-state index >= 15 is 0 Å². The van der Waals surface area contributed by atoms with Crippen molar-refractivity contribution in [1.82, 2.24) is 4.31 Å². The third-order valence-electron chi connectivity index (χ3n) is 7.77. The predicted molar refractivity (Wildman–Crippen MR) is 149 cm³/mol. The maximum atomic E-state index is 13.6. The van der Waals surface area contributed by atoms with Crippen LogP contribution in [-0.4, -0.2) is 80.1 Å². The van der Waals surface area contributed by atoms with Crippen LogP contribution in [0, 0.1) is 17.8 Å². The topological polar surface area (TPSA) is 123 Å². The number of methoxy groups -OCH3 is 1. The lowest BCUT2D eigenvalue weighted by molar-refractivity contribution is -0.153. The second kappa shape index (κ2) is 13.4. The number of nitrogens with zero attached hydrogens (tertiary/aromatic N) is 1. The molecule has 4 rings (SSSR count). The van der Waals surface area contributed by atoms with Crippen LogP contribution in [0.3, 0.4) is 0 Å². The molecule has 6 atom stereocenters. The van der Waals surface area contributed by atoms with Gasteiger partial charge in [0.15, 0.2) is 0 Å². The molecule has 1 aliphatic heterocycles. The number of aliphatic hydroxyl groups excluding tert-OH is 2. The van der Waals surface area contributed by atoms with E-state index in [4.69, 9.17) is 14.2 Å². The second-order valence-corrected chi connectivity index (χ2v) is 13.2. The van der Waals surface area contributed by atoms with Crippen LogP contribution in [0.4, 0.5) is 0 Å². The Bertz CT molecular complexity index is 1200. The van der Waals surface area contributed by atoms with Crippen molar-refractivity contribution < 1.29 is 37.6 Å². The number of esters is 1. The van der Waals surface area contributed by atoms with Gasteiger partial charge < -0.3 is 24.4 Å². The van der Waals surface area contributed by atoms with Gasteiger partial charge in [-0.2, -0.15) is 4.31 Å². The van der Waals surface area contributed by atoms with Crippen molar-refractivity contribution in [1.29, 1.82) is 0 Å². The van der Waals surface area contributed by atoms with Gasteiger partial charge in [-0.05, 0) is 48.6 Å². The van der Waals surface area contributed by atoms with Gasteiger partial charge in [-0.3, -0.25) is 4.79 Å². The summed E-state index contributed by atoms with van der Waals surface area (Å²) in [4.78, 5) is 13.2. The SMILES string of the molecule is COc1ccc(S(=O)(=O)N(CC(C)C)C[C@@H](O)[C@@H](CC(=O)O[C@H]2C[C@@H](O)[C@H]3OCCC23)Cc2ccccc2)cc1. The van der Waals surface area contributed by atoms with Crippen molar-refractivity contribution in [2.24, 2.45) is 17.8 Å². The highest BCUT2D eigenvalue weighted by Gasteiger charge is 2.48. The van der Waals surface area contributed by atoms with Gasteiger partial charge in [0.1, 0.15) is 11.9 Å². The standard InChI is InChI=1S/C30H41NO8S/c1-20(2)18-31(40(35,36)24-11-9-23(37-3)10-12-24)19-27(33)22(15-21-7-5-4-6-8-21)16-29(34)39-28-17-26(32)30-25(28)13-14-38-30/h4-12,20,22,25-28,30,32-33H,13-19H2,1-3H3/t22-,25?,26-,27-,28+,30+/m1/s1. The molecule has 1 saturated heterocycles. The first-order valence-electron chi connectivity index (χ1n) is 13.9. The van der Waals surface area contributed by atoms with Crippen LogP contribution in [-0.2, 0) is 30.7 Å². The third-order valence-corrected chi connectivity index (χ3v) is 9.61. The number of carbonyl (C=O) groups is 1. The van der Waals surface area contributed by atoms with Crippen LogP contribution in [0.5, 0.6) is 5.75 Å². The van der Waals surface area contributed by atoms with Gasteiger partial charge in [-0.15, -0.1) is 0 Å². The average molecular weight is 576 g/mol. The van der Waals surface area contributed by atoms with Gasteiger partial charge in [0.05, 0.1) is 36.7 Å². The Labute approximate surface area is 237 Å². The highest BCUT2D eigenvalue weighted by Crippen LogP contribution is 2.38. The molecule has 9 nitrogen and oxygen atoms in total. The summed E-state index contributed by atoms with van der Waals surface area (Å²) in [6.07, 6.45) is -1.19. The summed E-state index contributed by atoms with van der Waals surface area (Å²) in [5.41, 5.74) is 0.924. The van der Waals surface area contributed by atoms with Crippen LogP contribution < -0.4 is 4.74 Å². The molecule has 0 spiro atoms. The summed E-state index contributed by atoms with van der Waals surface area (Å²) in [6.45, 7) is 4.40. The van der Waals surface area contributed by atoms with Crippen molar-refractivity contribution in [3.63, 3.8) is 0 Å². The minimum absolute atomic E-state index is 0.00753. The molecule has 2 fully saturated rings. The Kier molecular flexibility index (Phi) is 10.2. The van der Waals surface area contributed by atoms with Crippen molar-refractivity contribution in [2.75, 3.05) is 26.8 Å². The van der Waals surface area contributed by atoms with E-state index in [1.165, 1.54) is 23.5 Å². The fourth-order valence-corrected chi connectivity index (χ4v) is 7.35.